The monoisotopic (exact) mass is 286 g/mol. The molecule has 0 atom stereocenters. The van der Waals surface area contributed by atoms with Gasteiger partial charge in [0.1, 0.15) is 5.82 Å². The number of nitrogens with two attached hydrogens (primary N) is 1. The average Bonchev–Trinajstić information content (AvgIpc) is 2.23. The molecule has 6 heteroatoms. The van der Waals surface area contributed by atoms with Gasteiger partial charge in [-0.25, -0.2) is 17.5 Å². The highest BCUT2D eigenvalue weighted by molar-refractivity contribution is 7.89. The van der Waals surface area contributed by atoms with Gasteiger partial charge in [-0.15, -0.1) is 0 Å². The quantitative estimate of drug-likeness (QED) is 0.833. The molecule has 1 aromatic rings. The molecule has 2 rings (SSSR count). The van der Waals surface area contributed by atoms with E-state index in [-0.39, 0.29) is 16.1 Å². The Hall–Kier alpha value is -1.14. The van der Waals surface area contributed by atoms with E-state index in [1.807, 2.05) is 0 Å². The van der Waals surface area contributed by atoms with Gasteiger partial charge < -0.3 is 5.73 Å². The van der Waals surface area contributed by atoms with Crippen molar-refractivity contribution in [2.75, 3.05) is 12.3 Å². The third-order valence-electron chi connectivity index (χ3n) is 3.76. The maximum atomic E-state index is 13.4. The summed E-state index contributed by atoms with van der Waals surface area (Å²) in [5.41, 5.74) is 6.13. The standard InChI is InChI=1S/C13H19FN2O2S/c1-8-6-11(14)12(15)9(2)13(8)19(17,18)16-7-10-4-3-5-10/h6,10,16H,3-5,7,15H2,1-2H3. The van der Waals surface area contributed by atoms with E-state index in [0.29, 0.717) is 18.0 Å². The second-order valence-electron chi connectivity index (χ2n) is 5.19. The predicted octanol–water partition coefficient (Wildman–Crippen LogP) is 2.10. The summed E-state index contributed by atoms with van der Waals surface area (Å²) in [4.78, 5) is 0.103. The van der Waals surface area contributed by atoms with Crippen LogP contribution in [-0.4, -0.2) is 15.0 Å². The highest BCUT2D eigenvalue weighted by atomic mass is 32.2. The topological polar surface area (TPSA) is 72.2 Å². The zero-order chi connectivity index (χ0) is 14.2. The van der Waals surface area contributed by atoms with Gasteiger partial charge in [-0.05, 0) is 49.8 Å². The van der Waals surface area contributed by atoms with E-state index in [4.69, 9.17) is 5.73 Å². The van der Waals surface area contributed by atoms with Crippen molar-refractivity contribution >= 4 is 15.7 Å². The summed E-state index contributed by atoms with van der Waals surface area (Å²) in [6.07, 6.45) is 3.28. The first kappa shape index (κ1) is 14.3. The summed E-state index contributed by atoms with van der Waals surface area (Å²) in [7, 11) is -3.63. The van der Waals surface area contributed by atoms with E-state index < -0.39 is 15.8 Å². The van der Waals surface area contributed by atoms with Crippen molar-refractivity contribution in [3.8, 4) is 0 Å². The van der Waals surface area contributed by atoms with Crippen LogP contribution in [0.4, 0.5) is 10.1 Å². The number of halogens is 1. The molecule has 0 radical (unpaired) electrons. The lowest BCUT2D eigenvalue weighted by Gasteiger charge is -2.25. The minimum absolute atomic E-state index is 0.102. The fourth-order valence-corrected chi connectivity index (χ4v) is 3.94. The molecule has 0 amide bonds. The molecular formula is C13H19FN2O2S. The van der Waals surface area contributed by atoms with Crippen LogP contribution in [-0.2, 0) is 10.0 Å². The Kier molecular flexibility index (Phi) is 3.82. The van der Waals surface area contributed by atoms with E-state index >= 15 is 0 Å². The van der Waals surface area contributed by atoms with Crippen molar-refractivity contribution in [1.29, 1.82) is 0 Å². The lowest BCUT2D eigenvalue weighted by atomic mass is 9.86. The largest absolute Gasteiger partial charge is 0.396 e. The minimum Gasteiger partial charge on any atom is -0.396 e. The molecule has 1 fully saturated rings. The second-order valence-corrected chi connectivity index (χ2v) is 6.90. The van der Waals surface area contributed by atoms with Crippen LogP contribution < -0.4 is 10.5 Å². The summed E-state index contributed by atoms with van der Waals surface area (Å²) in [6, 6.07) is 1.17. The first-order valence-electron chi connectivity index (χ1n) is 6.37. The summed E-state index contributed by atoms with van der Waals surface area (Å²) in [6.45, 7) is 3.55. The average molecular weight is 286 g/mol. The summed E-state index contributed by atoms with van der Waals surface area (Å²) in [5, 5.41) is 0. The van der Waals surface area contributed by atoms with Crippen LogP contribution in [0.2, 0.25) is 0 Å². The van der Waals surface area contributed by atoms with Crippen LogP contribution >= 0.6 is 0 Å². The van der Waals surface area contributed by atoms with Gasteiger partial charge in [0, 0.05) is 6.54 Å². The van der Waals surface area contributed by atoms with Gasteiger partial charge in [0.15, 0.2) is 0 Å². The third kappa shape index (κ3) is 2.74. The first-order valence-corrected chi connectivity index (χ1v) is 7.86. The van der Waals surface area contributed by atoms with Gasteiger partial charge in [-0.3, -0.25) is 0 Å². The van der Waals surface area contributed by atoms with Gasteiger partial charge in [-0.1, -0.05) is 6.42 Å². The van der Waals surface area contributed by atoms with Gasteiger partial charge in [0.2, 0.25) is 10.0 Å². The van der Waals surface area contributed by atoms with Gasteiger partial charge in [-0.2, -0.15) is 0 Å². The van der Waals surface area contributed by atoms with E-state index in [1.165, 1.54) is 13.0 Å². The molecule has 0 aliphatic heterocycles. The molecule has 3 N–H and O–H groups in total. The number of hydrogen-bond donors (Lipinski definition) is 2. The molecule has 1 aliphatic carbocycles. The Morgan fingerprint density at radius 2 is 2.05 bits per heavy atom. The van der Waals surface area contributed by atoms with E-state index in [2.05, 4.69) is 4.72 Å². The van der Waals surface area contributed by atoms with Gasteiger partial charge in [0.05, 0.1) is 10.6 Å². The van der Waals surface area contributed by atoms with E-state index in [0.717, 1.165) is 19.3 Å². The molecule has 0 aromatic heterocycles. The number of benzene rings is 1. The molecule has 4 nitrogen and oxygen atoms in total. The Labute approximate surface area is 113 Å². The maximum absolute atomic E-state index is 13.4. The van der Waals surface area contributed by atoms with Crippen LogP contribution in [0.1, 0.15) is 30.4 Å². The summed E-state index contributed by atoms with van der Waals surface area (Å²) < 4.78 is 40.6. The Morgan fingerprint density at radius 1 is 1.42 bits per heavy atom. The van der Waals surface area contributed by atoms with Crippen molar-refractivity contribution in [2.45, 2.75) is 38.0 Å². The highest BCUT2D eigenvalue weighted by Gasteiger charge is 2.25. The van der Waals surface area contributed by atoms with Crippen molar-refractivity contribution in [2.24, 2.45) is 5.92 Å². The predicted molar refractivity (Wildman–Crippen MR) is 72.8 cm³/mol. The van der Waals surface area contributed by atoms with Crippen LogP contribution in [0.5, 0.6) is 0 Å². The molecule has 106 valence electrons. The molecule has 1 aliphatic rings. The number of hydrogen-bond acceptors (Lipinski definition) is 3. The van der Waals surface area contributed by atoms with Crippen LogP contribution in [0, 0.1) is 25.6 Å². The smallest absolute Gasteiger partial charge is 0.241 e. The molecule has 0 spiro atoms. The van der Waals surface area contributed by atoms with Crippen molar-refractivity contribution in [3.05, 3.63) is 23.0 Å². The van der Waals surface area contributed by atoms with Crippen molar-refractivity contribution in [1.82, 2.24) is 4.72 Å². The zero-order valence-electron chi connectivity index (χ0n) is 11.2. The Bertz CT molecular complexity index is 595. The van der Waals surface area contributed by atoms with E-state index in [9.17, 15) is 12.8 Å². The van der Waals surface area contributed by atoms with Gasteiger partial charge in [0.25, 0.3) is 0 Å². The summed E-state index contributed by atoms with van der Waals surface area (Å²) in [5.74, 6) is -0.152. The van der Waals surface area contributed by atoms with E-state index in [1.54, 1.807) is 6.92 Å². The second kappa shape index (κ2) is 5.09. The van der Waals surface area contributed by atoms with Crippen LogP contribution in [0.25, 0.3) is 0 Å². The fourth-order valence-electron chi connectivity index (χ4n) is 2.34. The Balaban J connectivity index is 2.31. The number of nitrogen functional groups attached to an aromatic ring is 1. The highest BCUT2D eigenvalue weighted by Crippen LogP contribution is 2.29. The Morgan fingerprint density at radius 3 is 2.58 bits per heavy atom. The number of nitrogens with one attached hydrogen (secondary N) is 1. The third-order valence-corrected chi connectivity index (χ3v) is 5.47. The number of sulfonamides is 1. The molecule has 0 heterocycles. The van der Waals surface area contributed by atoms with Crippen molar-refractivity contribution in [3.63, 3.8) is 0 Å². The normalized spacial score (nSPS) is 16.4. The van der Waals surface area contributed by atoms with Crippen LogP contribution in [0.3, 0.4) is 0 Å². The molecule has 1 saturated carbocycles. The fraction of sp³-hybridized carbons (Fsp3) is 0.538. The van der Waals surface area contributed by atoms with Crippen LogP contribution in [0.15, 0.2) is 11.0 Å². The molecule has 0 saturated heterocycles. The molecular weight excluding hydrogens is 267 g/mol. The minimum atomic E-state index is -3.63. The lowest BCUT2D eigenvalue weighted by molar-refractivity contribution is 0.316. The SMILES string of the molecule is Cc1cc(F)c(N)c(C)c1S(=O)(=O)NCC1CCC1. The number of aryl methyl sites for hydroxylation is 1. The summed E-state index contributed by atoms with van der Waals surface area (Å²) >= 11 is 0. The number of rotatable bonds is 4. The molecule has 1 aromatic carbocycles. The van der Waals surface area contributed by atoms with Gasteiger partial charge >= 0.3 is 0 Å². The molecule has 19 heavy (non-hydrogen) atoms. The lowest BCUT2D eigenvalue weighted by Crippen LogP contribution is -2.33. The first-order chi connectivity index (χ1) is 8.83. The zero-order valence-corrected chi connectivity index (χ0v) is 12.0. The molecule has 0 unspecified atom stereocenters. The molecule has 0 bridgehead atoms. The number of anilines is 1. The van der Waals surface area contributed by atoms with Crippen molar-refractivity contribution < 1.29 is 12.8 Å². The maximum Gasteiger partial charge on any atom is 0.241 e.